The van der Waals surface area contributed by atoms with Crippen molar-refractivity contribution in [2.45, 2.75) is 47.0 Å². The number of fused-ring (bicyclic) bond motifs is 4. The fourth-order valence-electron chi connectivity index (χ4n) is 4.96. The normalized spacial score (nSPS) is 13.1. The summed E-state index contributed by atoms with van der Waals surface area (Å²) in [5.74, 6) is 0. The Balaban J connectivity index is 0.000000549. The monoisotopic (exact) mass is 404 g/mol. The second kappa shape index (κ2) is 8.19. The van der Waals surface area contributed by atoms with Gasteiger partial charge in [-0.1, -0.05) is 102 Å². The highest BCUT2D eigenvalue weighted by Gasteiger charge is 2.33. The third-order valence-electron chi connectivity index (χ3n) is 6.38. The molecule has 31 heavy (non-hydrogen) atoms. The molecule has 6 rings (SSSR count). The van der Waals surface area contributed by atoms with Gasteiger partial charge in [-0.3, -0.25) is 0 Å². The lowest BCUT2D eigenvalue weighted by Crippen LogP contribution is -2.23. The van der Waals surface area contributed by atoms with Crippen LogP contribution in [0.15, 0.2) is 84.9 Å². The van der Waals surface area contributed by atoms with E-state index in [0.717, 1.165) is 0 Å². The molecule has 0 heteroatoms. The van der Waals surface area contributed by atoms with E-state index >= 15 is 0 Å². The number of benzene rings is 5. The molecular weight excluding hydrogens is 372 g/mol. The van der Waals surface area contributed by atoms with Crippen molar-refractivity contribution in [3.05, 3.63) is 96.1 Å². The smallest absolute Gasteiger partial charge is 0.0159 e. The summed E-state index contributed by atoms with van der Waals surface area (Å²) >= 11 is 0. The van der Waals surface area contributed by atoms with Crippen LogP contribution in [0.3, 0.4) is 0 Å². The Kier molecular flexibility index (Phi) is 5.58. The lowest BCUT2D eigenvalue weighted by atomic mass is 9.68. The molecule has 0 fully saturated rings. The summed E-state index contributed by atoms with van der Waals surface area (Å²) in [5, 5.41) is 8.01. The van der Waals surface area contributed by atoms with Crippen molar-refractivity contribution >= 4 is 32.3 Å². The molecule has 0 heterocycles. The van der Waals surface area contributed by atoms with Crippen LogP contribution in [0.2, 0.25) is 0 Å². The van der Waals surface area contributed by atoms with E-state index in [1.54, 1.807) is 0 Å². The lowest BCUT2D eigenvalue weighted by molar-refractivity contribution is 0.646. The molecule has 0 spiro atoms. The van der Waals surface area contributed by atoms with Gasteiger partial charge in [-0.15, -0.1) is 0 Å². The van der Waals surface area contributed by atoms with Gasteiger partial charge in [0.05, 0.1) is 0 Å². The van der Waals surface area contributed by atoms with Crippen LogP contribution in [0.25, 0.3) is 43.4 Å². The van der Waals surface area contributed by atoms with Crippen LogP contribution < -0.4 is 0 Å². The van der Waals surface area contributed by atoms with Crippen LogP contribution in [0.4, 0.5) is 0 Å². The fourth-order valence-corrected chi connectivity index (χ4v) is 4.96. The average Bonchev–Trinajstić information content (AvgIpc) is 2.83. The lowest BCUT2D eigenvalue weighted by Gasteiger charge is -2.35. The first-order valence-corrected chi connectivity index (χ1v) is 11.6. The zero-order valence-corrected chi connectivity index (χ0v) is 19.6. The van der Waals surface area contributed by atoms with Gasteiger partial charge in [0, 0.05) is 5.41 Å². The summed E-state index contributed by atoms with van der Waals surface area (Å²) in [6.45, 7) is 12.7. The van der Waals surface area contributed by atoms with Crippen LogP contribution in [-0.4, -0.2) is 0 Å². The van der Waals surface area contributed by atoms with E-state index in [1.807, 2.05) is 27.7 Å². The number of hydrogen-bond donors (Lipinski definition) is 0. The second-order valence-corrected chi connectivity index (χ2v) is 8.28. The molecule has 0 bridgehead atoms. The molecule has 0 aliphatic heterocycles. The van der Waals surface area contributed by atoms with Gasteiger partial charge in [-0.2, -0.15) is 0 Å². The first-order valence-electron chi connectivity index (χ1n) is 11.6. The van der Waals surface area contributed by atoms with Crippen molar-refractivity contribution in [3.63, 3.8) is 0 Å². The number of hydrogen-bond acceptors (Lipinski definition) is 0. The van der Waals surface area contributed by atoms with Gasteiger partial charge in [0.2, 0.25) is 0 Å². The standard InChI is InChI=1S/C27H20.2C2H6/c1-27(2)24-12-6-10-17-9-5-11-22(26(17)24)23-15-20-13-18-7-3-4-8-19(18)14-21(20)16-25(23)27;2*1-2/h3-16H,1-2H3;2*1-2H3. The van der Waals surface area contributed by atoms with E-state index in [4.69, 9.17) is 0 Å². The number of rotatable bonds is 0. The zero-order chi connectivity index (χ0) is 22.2. The van der Waals surface area contributed by atoms with Crippen LogP contribution in [0.1, 0.15) is 52.7 Å². The van der Waals surface area contributed by atoms with Crippen molar-refractivity contribution in [2.75, 3.05) is 0 Å². The maximum Gasteiger partial charge on any atom is 0.0159 e. The quantitative estimate of drug-likeness (QED) is 0.225. The largest absolute Gasteiger partial charge is 0.0683 e. The molecule has 0 saturated heterocycles. The molecule has 0 N–H and O–H groups in total. The van der Waals surface area contributed by atoms with Crippen LogP contribution in [0.5, 0.6) is 0 Å². The highest BCUT2D eigenvalue weighted by atomic mass is 14.4. The summed E-state index contributed by atoms with van der Waals surface area (Å²) in [7, 11) is 0. The van der Waals surface area contributed by atoms with Crippen molar-refractivity contribution in [1.82, 2.24) is 0 Å². The summed E-state index contributed by atoms with van der Waals surface area (Å²) < 4.78 is 0. The Morgan fingerprint density at radius 2 is 1.00 bits per heavy atom. The molecule has 1 aliphatic rings. The first-order chi connectivity index (χ1) is 15.1. The molecule has 0 nitrogen and oxygen atoms in total. The SMILES string of the molecule is CC.CC.CC1(C)c2cc3cc4ccccc4cc3cc2-c2cccc3cccc1c23. The predicted octanol–water partition coefficient (Wildman–Crippen LogP) is 9.50. The average molecular weight is 405 g/mol. The molecule has 0 saturated carbocycles. The minimum atomic E-state index is -0.0109. The van der Waals surface area contributed by atoms with E-state index in [2.05, 4.69) is 98.8 Å². The van der Waals surface area contributed by atoms with Crippen molar-refractivity contribution < 1.29 is 0 Å². The van der Waals surface area contributed by atoms with Gasteiger partial charge in [-0.25, -0.2) is 0 Å². The highest BCUT2D eigenvalue weighted by molar-refractivity contribution is 6.07. The summed E-state index contributed by atoms with van der Waals surface area (Å²) in [6.07, 6.45) is 0. The van der Waals surface area contributed by atoms with Gasteiger partial charge in [0.1, 0.15) is 0 Å². The first kappa shape index (κ1) is 21.1. The Morgan fingerprint density at radius 3 is 1.65 bits per heavy atom. The van der Waals surface area contributed by atoms with E-state index in [-0.39, 0.29) is 5.41 Å². The third kappa shape index (κ3) is 3.22. The van der Waals surface area contributed by atoms with Gasteiger partial charge < -0.3 is 0 Å². The fraction of sp³-hybridized carbons (Fsp3) is 0.226. The Bertz CT molecular complexity index is 1380. The molecule has 0 radical (unpaired) electrons. The molecule has 156 valence electrons. The summed E-state index contributed by atoms with van der Waals surface area (Å²) in [6, 6.07) is 31.6. The highest BCUT2D eigenvalue weighted by Crippen LogP contribution is 2.49. The minimum absolute atomic E-state index is 0.0109. The maximum absolute atomic E-state index is 2.42. The maximum atomic E-state index is 2.42. The molecule has 5 aromatic carbocycles. The van der Waals surface area contributed by atoms with Crippen molar-refractivity contribution in [1.29, 1.82) is 0 Å². The molecular formula is C31H32. The second-order valence-electron chi connectivity index (χ2n) is 8.28. The van der Waals surface area contributed by atoms with E-state index in [1.165, 1.54) is 54.6 Å². The Labute approximate surface area is 186 Å². The van der Waals surface area contributed by atoms with Crippen molar-refractivity contribution in [3.8, 4) is 11.1 Å². The van der Waals surface area contributed by atoms with Gasteiger partial charge in [0.15, 0.2) is 0 Å². The van der Waals surface area contributed by atoms with E-state index < -0.39 is 0 Å². The van der Waals surface area contributed by atoms with Crippen LogP contribution in [0, 0.1) is 0 Å². The van der Waals surface area contributed by atoms with Crippen LogP contribution in [-0.2, 0) is 5.41 Å². The van der Waals surface area contributed by atoms with Gasteiger partial charge in [-0.05, 0) is 78.8 Å². The summed E-state index contributed by atoms with van der Waals surface area (Å²) in [4.78, 5) is 0. The molecule has 0 aromatic heterocycles. The molecule has 0 atom stereocenters. The molecule has 1 aliphatic carbocycles. The van der Waals surface area contributed by atoms with Gasteiger partial charge in [0.25, 0.3) is 0 Å². The predicted molar refractivity (Wildman–Crippen MR) is 139 cm³/mol. The van der Waals surface area contributed by atoms with E-state index in [9.17, 15) is 0 Å². The minimum Gasteiger partial charge on any atom is -0.0683 e. The topological polar surface area (TPSA) is 0 Å². The molecule has 0 unspecified atom stereocenters. The Morgan fingerprint density at radius 1 is 0.452 bits per heavy atom. The van der Waals surface area contributed by atoms with E-state index in [0.29, 0.717) is 0 Å². The van der Waals surface area contributed by atoms with Crippen LogP contribution >= 0.6 is 0 Å². The summed E-state index contributed by atoms with van der Waals surface area (Å²) in [5.41, 5.74) is 5.60. The van der Waals surface area contributed by atoms with Gasteiger partial charge >= 0.3 is 0 Å². The zero-order valence-electron chi connectivity index (χ0n) is 19.6. The van der Waals surface area contributed by atoms with Crippen molar-refractivity contribution in [2.24, 2.45) is 0 Å². The Hall–Kier alpha value is -3.12. The molecule has 0 amide bonds. The molecule has 5 aromatic rings. The third-order valence-corrected chi connectivity index (χ3v) is 6.38.